The third kappa shape index (κ3) is 4.19. The van der Waals surface area contributed by atoms with E-state index in [0.29, 0.717) is 4.74 Å². The highest BCUT2D eigenvalue weighted by Gasteiger charge is 2.23. The van der Waals surface area contributed by atoms with E-state index >= 15 is 0 Å². The van der Waals surface area contributed by atoms with Gasteiger partial charge in [0.1, 0.15) is 11.2 Å². The number of esters is 1. The third-order valence-corrected chi connectivity index (χ3v) is 2.83. The van der Waals surface area contributed by atoms with E-state index < -0.39 is 11.6 Å². The first kappa shape index (κ1) is 15.8. The van der Waals surface area contributed by atoms with Crippen LogP contribution in [0.5, 0.6) is 0 Å². The molecule has 0 saturated carbocycles. The van der Waals surface area contributed by atoms with Crippen LogP contribution in [0.2, 0.25) is 0 Å². The number of carbonyl (C=O) groups is 1. The number of hydrogen-bond acceptors (Lipinski definition) is 3. The molecule has 4 nitrogen and oxygen atoms in total. The molecule has 0 aliphatic carbocycles. The molecule has 0 fully saturated rings. The van der Waals surface area contributed by atoms with E-state index in [1.807, 2.05) is 30.3 Å². The van der Waals surface area contributed by atoms with Crippen LogP contribution in [0.15, 0.2) is 54.6 Å². The maximum atomic E-state index is 12.4. The van der Waals surface area contributed by atoms with Crippen molar-refractivity contribution in [3.63, 3.8) is 0 Å². The van der Waals surface area contributed by atoms with Gasteiger partial charge < -0.3 is 9.94 Å². The highest BCUT2D eigenvalue weighted by atomic mass is 16.6. The van der Waals surface area contributed by atoms with Gasteiger partial charge in [-0.3, -0.25) is 0 Å². The Morgan fingerprint density at radius 2 is 1.64 bits per heavy atom. The Morgan fingerprint density at radius 1 is 1.05 bits per heavy atom. The molecule has 0 unspecified atom stereocenters. The second kappa shape index (κ2) is 6.43. The van der Waals surface area contributed by atoms with Gasteiger partial charge in [0.15, 0.2) is 6.21 Å². The molecule has 4 heteroatoms. The van der Waals surface area contributed by atoms with Crippen LogP contribution in [0, 0.1) is 5.21 Å². The molecule has 0 heterocycles. The second-order valence-electron chi connectivity index (χ2n) is 5.88. The van der Waals surface area contributed by atoms with Crippen molar-refractivity contribution < 1.29 is 14.3 Å². The first-order chi connectivity index (χ1) is 10.4. The number of para-hydroxylation sites is 1. The fourth-order valence-electron chi connectivity index (χ4n) is 1.92. The van der Waals surface area contributed by atoms with Gasteiger partial charge in [0.25, 0.3) is 0 Å². The minimum atomic E-state index is -0.610. The predicted octanol–water partition coefficient (Wildman–Crippen LogP) is 3.90. The Kier molecular flexibility index (Phi) is 4.61. The summed E-state index contributed by atoms with van der Waals surface area (Å²) in [4.78, 5) is 12.2. The van der Waals surface area contributed by atoms with Crippen LogP contribution in [-0.2, 0) is 4.74 Å². The molecule has 0 aliphatic heterocycles. The van der Waals surface area contributed by atoms with Gasteiger partial charge in [-0.05, 0) is 39.0 Å². The highest BCUT2D eigenvalue weighted by molar-refractivity contribution is 5.94. The van der Waals surface area contributed by atoms with Crippen molar-refractivity contribution in [3.05, 3.63) is 70.9 Å². The number of nitrogens with zero attached hydrogens (tertiary/aromatic N) is 1. The highest BCUT2D eigenvalue weighted by Crippen LogP contribution is 2.21. The maximum Gasteiger partial charge on any atom is 0.345 e. The molecular weight excluding hydrogens is 278 g/mol. The molecule has 22 heavy (non-hydrogen) atoms. The fraction of sp³-hybridized carbons (Fsp3) is 0.222. The summed E-state index contributed by atoms with van der Waals surface area (Å²) in [5.41, 5.74) is 0.665. The Balaban J connectivity index is 2.36. The number of rotatable bonds is 3. The van der Waals surface area contributed by atoms with Crippen molar-refractivity contribution in [2.75, 3.05) is 0 Å². The number of carbonyl (C=O) groups excluding carboxylic acids is 1. The summed E-state index contributed by atoms with van der Waals surface area (Å²) >= 11 is 0. The largest absolute Gasteiger partial charge is 0.618 e. The molecule has 0 saturated heterocycles. The van der Waals surface area contributed by atoms with Crippen molar-refractivity contribution in [1.82, 2.24) is 0 Å². The molecule has 2 aromatic carbocycles. The molecule has 2 aromatic rings. The molecular formula is C18H19NO3. The van der Waals surface area contributed by atoms with Gasteiger partial charge in [0.2, 0.25) is 5.69 Å². The first-order valence-electron chi connectivity index (χ1n) is 7.05. The summed E-state index contributed by atoms with van der Waals surface area (Å²) in [5, 5.41) is 12.4. The first-order valence-corrected chi connectivity index (χ1v) is 7.05. The monoisotopic (exact) mass is 297 g/mol. The van der Waals surface area contributed by atoms with Crippen LogP contribution in [0.4, 0.5) is 5.69 Å². The van der Waals surface area contributed by atoms with Crippen LogP contribution >= 0.6 is 0 Å². The zero-order valence-corrected chi connectivity index (χ0v) is 12.9. The summed E-state index contributed by atoms with van der Waals surface area (Å²) in [6.07, 6.45) is 1.43. The Labute approximate surface area is 130 Å². The van der Waals surface area contributed by atoms with Gasteiger partial charge in [0.05, 0.1) is 0 Å². The van der Waals surface area contributed by atoms with E-state index in [2.05, 4.69) is 0 Å². The Morgan fingerprint density at radius 3 is 2.27 bits per heavy atom. The summed E-state index contributed by atoms with van der Waals surface area (Å²) in [6.45, 7) is 5.37. The minimum Gasteiger partial charge on any atom is -0.618 e. The topological polar surface area (TPSA) is 52.4 Å². The molecule has 0 radical (unpaired) electrons. The summed E-state index contributed by atoms with van der Waals surface area (Å²) in [5.74, 6) is -0.509. The van der Waals surface area contributed by atoms with Gasteiger partial charge >= 0.3 is 5.97 Å². The fourth-order valence-corrected chi connectivity index (χ4v) is 1.92. The van der Waals surface area contributed by atoms with E-state index in [-0.39, 0.29) is 11.3 Å². The van der Waals surface area contributed by atoms with Gasteiger partial charge in [-0.15, -0.1) is 0 Å². The lowest BCUT2D eigenvalue weighted by molar-refractivity contribution is -0.354. The minimum absolute atomic E-state index is 0.250. The third-order valence-electron chi connectivity index (χ3n) is 2.83. The van der Waals surface area contributed by atoms with Crippen LogP contribution in [-0.4, -0.2) is 22.5 Å². The van der Waals surface area contributed by atoms with Crippen molar-refractivity contribution in [1.29, 1.82) is 0 Å². The molecule has 0 N–H and O–H groups in total. The lowest BCUT2D eigenvalue weighted by atomic mass is 10.1. The molecule has 0 aromatic heterocycles. The van der Waals surface area contributed by atoms with Crippen LogP contribution < -0.4 is 0 Å². The molecule has 0 atom stereocenters. The summed E-state index contributed by atoms with van der Waals surface area (Å²) in [7, 11) is 0. The van der Waals surface area contributed by atoms with E-state index in [9.17, 15) is 10.0 Å². The van der Waals surface area contributed by atoms with Gasteiger partial charge in [0, 0.05) is 11.6 Å². The van der Waals surface area contributed by atoms with E-state index in [0.717, 1.165) is 5.56 Å². The van der Waals surface area contributed by atoms with Crippen molar-refractivity contribution >= 4 is 17.9 Å². The maximum absolute atomic E-state index is 12.4. The Hall–Kier alpha value is -2.62. The van der Waals surface area contributed by atoms with Crippen LogP contribution in [0.1, 0.15) is 36.7 Å². The molecule has 114 valence electrons. The van der Waals surface area contributed by atoms with Crippen molar-refractivity contribution in [2.24, 2.45) is 0 Å². The molecule has 0 spiro atoms. The smallest absolute Gasteiger partial charge is 0.345 e. The number of hydrogen-bond donors (Lipinski definition) is 0. The van der Waals surface area contributed by atoms with E-state index in [4.69, 9.17) is 4.74 Å². The average Bonchev–Trinajstić information content (AvgIpc) is 2.46. The van der Waals surface area contributed by atoms with E-state index in [1.165, 1.54) is 6.21 Å². The molecule has 0 bridgehead atoms. The standard InChI is InChI=1S/C18H19NO3/c1-18(2,3)22-17(20)15-11-7-8-12-16(15)19(21)13-14-9-5-4-6-10-14/h4-13H,1-3H3. The zero-order valence-electron chi connectivity index (χ0n) is 12.9. The lowest BCUT2D eigenvalue weighted by Crippen LogP contribution is -2.24. The molecule has 0 aliphatic rings. The zero-order chi connectivity index (χ0) is 16.2. The second-order valence-corrected chi connectivity index (χ2v) is 5.88. The van der Waals surface area contributed by atoms with Crippen LogP contribution in [0.25, 0.3) is 0 Å². The van der Waals surface area contributed by atoms with E-state index in [1.54, 1.807) is 45.0 Å². The van der Waals surface area contributed by atoms with Gasteiger partial charge in [-0.25, -0.2) is 4.79 Å². The molecule has 0 amide bonds. The lowest BCUT2D eigenvalue weighted by Gasteiger charge is -2.19. The summed E-state index contributed by atoms with van der Waals surface area (Å²) < 4.78 is 6.04. The quantitative estimate of drug-likeness (QED) is 0.284. The normalized spacial score (nSPS) is 12.0. The summed E-state index contributed by atoms with van der Waals surface area (Å²) in [6, 6.07) is 15.8. The molecule has 2 rings (SSSR count). The predicted molar refractivity (Wildman–Crippen MR) is 86.5 cm³/mol. The SMILES string of the molecule is CC(C)(C)OC(=O)c1ccccc1[N+]([O-])=Cc1ccccc1. The van der Waals surface area contributed by atoms with Gasteiger partial charge in [-0.2, -0.15) is 4.74 Å². The van der Waals surface area contributed by atoms with Crippen molar-refractivity contribution in [2.45, 2.75) is 26.4 Å². The number of benzene rings is 2. The number of ether oxygens (including phenoxy) is 1. The van der Waals surface area contributed by atoms with Gasteiger partial charge in [-0.1, -0.05) is 30.3 Å². The van der Waals surface area contributed by atoms with Crippen molar-refractivity contribution in [3.8, 4) is 0 Å². The van der Waals surface area contributed by atoms with Crippen LogP contribution in [0.3, 0.4) is 0 Å². The average molecular weight is 297 g/mol. The Bertz CT molecular complexity index is 685.